The molecular formula is C24H23N3O3. The molecule has 0 spiro atoms. The van der Waals surface area contributed by atoms with Crippen LogP contribution >= 0.6 is 0 Å². The number of ether oxygens (including phenoxy) is 1. The Balaban J connectivity index is 1.54. The number of nitrogens with zero attached hydrogens (tertiary/aromatic N) is 2. The maximum absolute atomic E-state index is 13.1. The van der Waals surface area contributed by atoms with Crippen LogP contribution in [0.4, 0.5) is 5.69 Å². The van der Waals surface area contributed by atoms with Gasteiger partial charge in [-0.15, -0.1) is 0 Å². The summed E-state index contributed by atoms with van der Waals surface area (Å²) in [5, 5.41) is 3.10. The molecule has 6 nitrogen and oxygen atoms in total. The van der Waals surface area contributed by atoms with Gasteiger partial charge in [0.25, 0.3) is 0 Å². The number of para-hydroxylation sites is 2. The Bertz CT molecular complexity index is 985. The molecule has 1 aliphatic heterocycles. The number of hydrogen-bond donors (Lipinski definition) is 1. The summed E-state index contributed by atoms with van der Waals surface area (Å²) in [6.45, 7) is 0.314. The van der Waals surface area contributed by atoms with Crippen LogP contribution in [0.1, 0.15) is 23.7 Å². The van der Waals surface area contributed by atoms with Crippen molar-refractivity contribution in [3.8, 4) is 5.75 Å². The molecular weight excluding hydrogens is 378 g/mol. The van der Waals surface area contributed by atoms with Gasteiger partial charge in [0.1, 0.15) is 5.75 Å². The van der Waals surface area contributed by atoms with Gasteiger partial charge in [0.15, 0.2) is 0 Å². The van der Waals surface area contributed by atoms with E-state index in [1.54, 1.807) is 18.2 Å². The van der Waals surface area contributed by atoms with Crippen LogP contribution in [0.5, 0.6) is 5.75 Å². The number of pyridine rings is 1. The Hall–Kier alpha value is -3.67. The number of nitrogens with one attached hydrogen (secondary N) is 1. The summed E-state index contributed by atoms with van der Waals surface area (Å²) < 4.78 is 5.38. The average Bonchev–Trinajstić information content (AvgIpc) is 3.20. The first kappa shape index (κ1) is 19.6. The molecule has 1 aliphatic rings. The van der Waals surface area contributed by atoms with E-state index in [1.807, 2.05) is 72.8 Å². The fourth-order valence-electron chi connectivity index (χ4n) is 3.75. The summed E-state index contributed by atoms with van der Waals surface area (Å²) in [5.74, 6) is -0.0890. The molecule has 3 aromatic rings. The van der Waals surface area contributed by atoms with Gasteiger partial charge in [-0.05, 0) is 29.8 Å². The normalized spacial score (nSPS) is 16.9. The lowest BCUT2D eigenvalue weighted by Crippen LogP contribution is -2.36. The van der Waals surface area contributed by atoms with Gasteiger partial charge in [0.05, 0.1) is 30.5 Å². The van der Waals surface area contributed by atoms with Gasteiger partial charge < -0.3 is 15.0 Å². The van der Waals surface area contributed by atoms with Crippen LogP contribution in [0.15, 0.2) is 79.0 Å². The molecule has 2 atom stereocenters. The van der Waals surface area contributed by atoms with Gasteiger partial charge in [-0.3, -0.25) is 14.6 Å². The highest BCUT2D eigenvalue weighted by Crippen LogP contribution is 2.33. The molecule has 2 unspecified atom stereocenters. The van der Waals surface area contributed by atoms with E-state index in [-0.39, 0.29) is 24.3 Å². The number of hydrogen-bond acceptors (Lipinski definition) is 4. The second-order valence-electron chi connectivity index (χ2n) is 7.18. The summed E-state index contributed by atoms with van der Waals surface area (Å²) in [6, 6.07) is 22.3. The molecule has 1 aromatic heterocycles. The second kappa shape index (κ2) is 8.78. The number of carbonyl (C=O) groups is 2. The zero-order valence-corrected chi connectivity index (χ0v) is 16.7. The van der Waals surface area contributed by atoms with Crippen LogP contribution in [0.25, 0.3) is 0 Å². The number of carbonyl (C=O) groups excluding carboxylic acids is 2. The molecule has 1 saturated heterocycles. The lowest BCUT2D eigenvalue weighted by Gasteiger charge is -2.22. The molecule has 1 N–H and O–H groups in total. The molecule has 2 heterocycles. The van der Waals surface area contributed by atoms with Crippen LogP contribution in [-0.4, -0.2) is 30.5 Å². The standard InChI is InChI=1S/C24H23N3O3/c1-30-21-13-6-5-12-20(21)27-16-18(15-22(27)28)24(29)26-23(17-9-3-2-4-10-17)19-11-7-8-14-25-19/h2-14,18,23H,15-16H2,1H3,(H,26,29). The van der Waals surface area contributed by atoms with Gasteiger partial charge in [-0.2, -0.15) is 0 Å². The Morgan fingerprint density at radius 1 is 1.07 bits per heavy atom. The van der Waals surface area contributed by atoms with Crippen molar-refractivity contribution >= 4 is 17.5 Å². The summed E-state index contributed by atoms with van der Waals surface area (Å²) >= 11 is 0. The number of aromatic nitrogens is 1. The number of amides is 2. The molecule has 0 aliphatic carbocycles. The predicted octanol–water partition coefficient (Wildman–Crippen LogP) is 3.35. The van der Waals surface area contributed by atoms with Crippen molar-refractivity contribution in [1.82, 2.24) is 10.3 Å². The second-order valence-corrected chi connectivity index (χ2v) is 7.18. The molecule has 6 heteroatoms. The summed E-state index contributed by atoms with van der Waals surface area (Å²) in [7, 11) is 1.57. The fourth-order valence-corrected chi connectivity index (χ4v) is 3.75. The van der Waals surface area contributed by atoms with Gasteiger partial charge in [-0.25, -0.2) is 0 Å². The van der Waals surface area contributed by atoms with Crippen molar-refractivity contribution < 1.29 is 14.3 Å². The third-order valence-corrected chi connectivity index (χ3v) is 5.27. The maximum atomic E-state index is 13.1. The lowest BCUT2D eigenvalue weighted by molar-refractivity contribution is -0.126. The Labute approximate surface area is 175 Å². The van der Waals surface area contributed by atoms with E-state index in [2.05, 4.69) is 10.3 Å². The highest BCUT2D eigenvalue weighted by Gasteiger charge is 2.37. The average molecular weight is 401 g/mol. The zero-order valence-electron chi connectivity index (χ0n) is 16.7. The molecule has 152 valence electrons. The molecule has 2 aromatic carbocycles. The Morgan fingerprint density at radius 2 is 1.80 bits per heavy atom. The predicted molar refractivity (Wildman–Crippen MR) is 114 cm³/mol. The number of benzene rings is 2. The van der Waals surface area contributed by atoms with E-state index < -0.39 is 5.92 Å². The van der Waals surface area contributed by atoms with E-state index in [1.165, 1.54) is 0 Å². The van der Waals surface area contributed by atoms with Crippen LogP contribution < -0.4 is 15.0 Å². The summed E-state index contributed by atoms with van der Waals surface area (Å²) in [4.78, 5) is 31.8. The molecule has 1 fully saturated rings. The number of anilines is 1. The van der Waals surface area contributed by atoms with Crippen LogP contribution in [0.3, 0.4) is 0 Å². The van der Waals surface area contributed by atoms with Crippen molar-refractivity contribution in [1.29, 1.82) is 0 Å². The largest absolute Gasteiger partial charge is 0.495 e. The molecule has 2 amide bonds. The van der Waals surface area contributed by atoms with E-state index >= 15 is 0 Å². The molecule has 30 heavy (non-hydrogen) atoms. The van der Waals surface area contributed by atoms with Crippen molar-refractivity contribution in [2.24, 2.45) is 5.92 Å². The van der Waals surface area contributed by atoms with E-state index in [9.17, 15) is 9.59 Å². The number of methoxy groups -OCH3 is 1. The third kappa shape index (κ3) is 4.03. The molecule has 0 bridgehead atoms. The van der Waals surface area contributed by atoms with Crippen LogP contribution in [0.2, 0.25) is 0 Å². The van der Waals surface area contributed by atoms with Gasteiger partial charge >= 0.3 is 0 Å². The monoisotopic (exact) mass is 401 g/mol. The van der Waals surface area contributed by atoms with Gasteiger partial charge in [0, 0.05) is 19.2 Å². The van der Waals surface area contributed by atoms with E-state index in [4.69, 9.17) is 4.74 Å². The highest BCUT2D eigenvalue weighted by molar-refractivity contribution is 6.01. The maximum Gasteiger partial charge on any atom is 0.227 e. The third-order valence-electron chi connectivity index (χ3n) is 5.27. The first-order valence-corrected chi connectivity index (χ1v) is 9.87. The van der Waals surface area contributed by atoms with Crippen molar-refractivity contribution in [3.05, 3.63) is 90.3 Å². The van der Waals surface area contributed by atoms with Crippen molar-refractivity contribution in [2.75, 3.05) is 18.6 Å². The highest BCUT2D eigenvalue weighted by atomic mass is 16.5. The van der Waals surface area contributed by atoms with Crippen molar-refractivity contribution in [2.45, 2.75) is 12.5 Å². The summed E-state index contributed by atoms with van der Waals surface area (Å²) in [5.41, 5.74) is 2.38. The van der Waals surface area contributed by atoms with Gasteiger partial charge in [0.2, 0.25) is 11.8 Å². The van der Waals surface area contributed by atoms with E-state index in [0.29, 0.717) is 18.0 Å². The minimum Gasteiger partial charge on any atom is -0.495 e. The quantitative estimate of drug-likeness (QED) is 0.688. The minimum atomic E-state index is -0.447. The summed E-state index contributed by atoms with van der Waals surface area (Å²) in [6.07, 6.45) is 1.87. The van der Waals surface area contributed by atoms with Crippen LogP contribution in [-0.2, 0) is 9.59 Å². The van der Waals surface area contributed by atoms with Crippen LogP contribution in [0, 0.1) is 5.92 Å². The molecule has 0 saturated carbocycles. The first-order chi connectivity index (χ1) is 14.7. The Kier molecular flexibility index (Phi) is 5.75. The fraction of sp³-hybridized carbons (Fsp3) is 0.208. The minimum absolute atomic E-state index is 0.0891. The lowest BCUT2D eigenvalue weighted by atomic mass is 10.0. The smallest absolute Gasteiger partial charge is 0.227 e. The zero-order chi connectivity index (χ0) is 20.9. The SMILES string of the molecule is COc1ccccc1N1CC(C(=O)NC(c2ccccc2)c2ccccn2)CC1=O. The first-order valence-electron chi connectivity index (χ1n) is 9.87. The Morgan fingerprint density at radius 3 is 2.53 bits per heavy atom. The topological polar surface area (TPSA) is 71.5 Å². The van der Waals surface area contributed by atoms with E-state index in [0.717, 1.165) is 11.3 Å². The molecule has 0 radical (unpaired) electrons. The van der Waals surface area contributed by atoms with Gasteiger partial charge in [-0.1, -0.05) is 48.5 Å². The number of rotatable bonds is 6. The molecule has 4 rings (SSSR count). The van der Waals surface area contributed by atoms with Crippen molar-refractivity contribution in [3.63, 3.8) is 0 Å².